The third-order valence-electron chi connectivity index (χ3n) is 5.91. The van der Waals surface area contributed by atoms with Gasteiger partial charge in [0.2, 0.25) is 11.8 Å². The van der Waals surface area contributed by atoms with E-state index in [4.69, 9.17) is 0 Å². The number of nitrogens with zero attached hydrogens (tertiary/aromatic N) is 1. The van der Waals surface area contributed by atoms with Gasteiger partial charge in [-0.15, -0.1) is 0 Å². The maximum absolute atomic E-state index is 12.7. The number of nitrogens with one attached hydrogen (secondary N) is 2. The van der Waals surface area contributed by atoms with Gasteiger partial charge in [0, 0.05) is 25.2 Å². The SMILES string of the molecule is O=C(N[C@H](/C=C/C(=O)N1Cc2ccccc2C1)CCc1ccccc1)[C@@H]1CCCN1. The van der Waals surface area contributed by atoms with Crippen molar-refractivity contribution in [1.29, 1.82) is 0 Å². The third-order valence-corrected chi connectivity index (χ3v) is 5.91. The normalized spacial score (nSPS) is 19.1. The molecule has 0 radical (unpaired) electrons. The fourth-order valence-corrected chi connectivity index (χ4v) is 4.17. The van der Waals surface area contributed by atoms with Crippen LogP contribution in [0, 0.1) is 0 Å². The topological polar surface area (TPSA) is 61.4 Å². The molecule has 1 saturated heterocycles. The lowest BCUT2D eigenvalue weighted by molar-refractivity contribution is -0.127. The highest BCUT2D eigenvalue weighted by atomic mass is 16.2. The second-order valence-electron chi connectivity index (χ2n) is 8.11. The van der Waals surface area contributed by atoms with Crippen LogP contribution in [0.1, 0.15) is 36.0 Å². The van der Waals surface area contributed by atoms with E-state index in [1.165, 1.54) is 16.7 Å². The van der Waals surface area contributed by atoms with Gasteiger partial charge in [-0.25, -0.2) is 0 Å². The Morgan fingerprint density at radius 2 is 1.77 bits per heavy atom. The van der Waals surface area contributed by atoms with Gasteiger partial charge >= 0.3 is 0 Å². The summed E-state index contributed by atoms with van der Waals surface area (Å²) in [6.07, 6.45) is 6.98. The van der Waals surface area contributed by atoms with Crippen molar-refractivity contribution in [2.24, 2.45) is 0 Å². The summed E-state index contributed by atoms with van der Waals surface area (Å²) in [6, 6.07) is 18.1. The van der Waals surface area contributed by atoms with Gasteiger partial charge in [-0.2, -0.15) is 0 Å². The van der Waals surface area contributed by atoms with Crippen LogP contribution in [0.15, 0.2) is 66.7 Å². The van der Waals surface area contributed by atoms with Crippen LogP contribution in [-0.4, -0.2) is 35.3 Å². The lowest BCUT2D eigenvalue weighted by atomic mass is 10.0. The van der Waals surface area contributed by atoms with Crippen LogP contribution in [0.2, 0.25) is 0 Å². The minimum absolute atomic E-state index is 0.0100. The zero-order valence-electron chi connectivity index (χ0n) is 17.2. The Morgan fingerprint density at radius 3 is 2.43 bits per heavy atom. The highest BCUT2D eigenvalue weighted by Crippen LogP contribution is 2.22. The number of aryl methyl sites for hydroxylation is 1. The summed E-state index contributed by atoms with van der Waals surface area (Å²) in [5, 5.41) is 6.38. The minimum Gasteiger partial charge on any atom is -0.349 e. The van der Waals surface area contributed by atoms with Gasteiger partial charge < -0.3 is 15.5 Å². The number of fused-ring (bicyclic) bond motifs is 1. The van der Waals surface area contributed by atoms with Gasteiger partial charge in [-0.1, -0.05) is 60.7 Å². The largest absolute Gasteiger partial charge is 0.349 e. The van der Waals surface area contributed by atoms with Crippen molar-refractivity contribution in [2.45, 2.75) is 50.9 Å². The predicted octanol–water partition coefficient (Wildman–Crippen LogP) is 2.95. The maximum Gasteiger partial charge on any atom is 0.246 e. The molecule has 2 heterocycles. The average Bonchev–Trinajstić information content (AvgIpc) is 3.46. The first kappa shape index (κ1) is 20.4. The first-order valence-electron chi connectivity index (χ1n) is 10.8. The number of hydrogen-bond donors (Lipinski definition) is 2. The average molecular weight is 404 g/mol. The number of rotatable bonds is 7. The second-order valence-corrected chi connectivity index (χ2v) is 8.11. The molecule has 4 rings (SSSR count). The molecule has 2 amide bonds. The Labute approximate surface area is 178 Å². The Hall–Kier alpha value is -2.92. The maximum atomic E-state index is 12.7. The van der Waals surface area contributed by atoms with Crippen molar-refractivity contribution in [2.75, 3.05) is 6.54 Å². The van der Waals surface area contributed by atoms with Gasteiger partial charge in [0.05, 0.1) is 6.04 Å². The fraction of sp³-hybridized carbons (Fsp3) is 0.360. The molecule has 0 saturated carbocycles. The first-order valence-corrected chi connectivity index (χ1v) is 10.8. The molecular weight excluding hydrogens is 374 g/mol. The quantitative estimate of drug-likeness (QED) is 0.699. The van der Waals surface area contributed by atoms with E-state index in [0.717, 1.165) is 32.2 Å². The number of carbonyl (C=O) groups is 2. The van der Waals surface area contributed by atoms with Crippen molar-refractivity contribution < 1.29 is 9.59 Å². The van der Waals surface area contributed by atoms with E-state index in [1.807, 2.05) is 41.3 Å². The minimum atomic E-state index is -0.172. The monoisotopic (exact) mass is 403 g/mol. The number of amides is 2. The molecule has 1 fully saturated rings. The van der Waals surface area contributed by atoms with Crippen molar-refractivity contribution in [1.82, 2.24) is 15.5 Å². The molecule has 0 bridgehead atoms. The molecule has 2 aliphatic rings. The highest BCUT2D eigenvalue weighted by molar-refractivity contribution is 5.88. The predicted molar refractivity (Wildman–Crippen MR) is 118 cm³/mol. The Morgan fingerprint density at radius 1 is 1.07 bits per heavy atom. The van der Waals surface area contributed by atoms with Crippen LogP contribution in [0.5, 0.6) is 0 Å². The molecule has 30 heavy (non-hydrogen) atoms. The van der Waals surface area contributed by atoms with Crippen molar-refractivity contribution >= 4 is 11.8 Å². The Bertz CT molecular complexity index is 879. The molecule has 156 valence electrons. The zero-order valence-corrected chi connectivity index (χ0v) is 17.2. The standard InChI is InChI=1S/C25H29N3O2/c29-24(28-17-20-9-4-5-10-21(20)18-28)15-14-22(13-12-19-7-2-1-3-8-19)27-25(30)23-11-6-16-26-23/h1-5,7-10,14-15,22-23,26H,6,11-13,16-18H2,(H,27,30)/b15-14+/t22-,23-/m0/s1. The van der Waals surface area contributed by atoms with E-state index in [1.54, 1.807) is 6.08 Å². The van der Waals surface area contributed by atoms with Crippen LogP contribution in [0.25, 0.3) is 0 Å². The van der Waals surface area contributed by atoms with Crippen LogP contribution in [-0.2, 0) is 29.1 Å². The number of hydrogen-bond acceptors (Lipinski definition) is 3. The number of benzene rings is 2. The fourth-order valence-electron chi connectivity index (χ4n) is 4.17. The lowest BCUT2D eigenvalue weighted by Gasteiger charge is -2.19. The van der Waals surface area contributed by atoms with Gasteiger partial charge in [-0.3, -0.25) is 9.59 Å². The molecule has 2 aliphatic heterocycles. The molecule has 2 aromatic carbocycles. The van der Waals surface area contributed by atoms with Crippen LogP contribution in [0.3, 0.4) is 0 Å². The van der Waals surface area contributed by atoms with Gasteiger partial charge in [-0.05, 0) is 48.9 Å². The molecule has 0 aliphatic carbocycles. The Balaban J connectivity index is 1.39. The summed E-state index contributed by atoms with van der Waals surface area (Å²) in [7, 11) is 0. The van der Waals surface area contributed by atoms with Gasteiger partial charge in [0.15, 0.2) is 0 Å². The van der Waals surface area contributed by atoms with Gasteiger partial charge in [0.1, 0.15) is 0 Å². The first-order chi connectivity index (χ1) is 14.7. The van der Waals surface area contributed by atoms with E-state index in [9.17, 15) is 9.59 Å². The highest BCUT2D eigenvalue weighted by Gasteiger charge is 2.24. The molecule has 0 spiro atoms. The van der Waals surface area contributed by atoms with E-state index >= 15 is 0 Å². The summed E-state index contributed by atoms with van der Waals surface area (Å²) < 4.78 is 0. The van der Waals surface area contributed by atoms with Crippen molar-refractivity contribution in [3.63, 3.8) is 0 Å². The molecule has 2 N–H and O–H groups in total. The molecule has 5 heteroatoms. The molecule has 0 unspecified atom stereocenters. The van der Waals surface area contributed by atoms with Gasteiger partial charge in [0.25, 0.3) is 0 Å². The summed E-state index contributed by atoms with van der Waals surface area (Å²) in [5.74, 6) is 0.0142. The molecule has 2 aromatic rings. The molecule has 0 aromatic heterocycles. The van der Waals surface area contributed by atoms with Crippen molar-refractivity contribution in [3.8, 4) is 0 Å². The van der Waals surface area contributed by atoms with Crippen LogP contribution in [0.4, 0.5) is 0 Å². The van der Waals surface area contributed by atoms with Crippen LogP contribution >= 0.6 is 0 Å². The van der Waals surface area contributed by atoms with E-state index < -0.39 is 0 Å². The Kier molecular flexibility index (Phi) is 6.60. The lowest BCUT2D eigenvalue weighted by Crippen LogP contribution is -2.44. The smallest absolute Gasteiger partial charge is 0.246 e. The summed E-state index contributed by atoms with van der Waals surface area (Å²) in [4.78, 5) is 27.2. The molecule has 2 atom stereocenters. The van der Waals surface area contributed by atoms with E-state index in [0.29, 0.717) is 13.1 Å². The molecular formula is C25H29N3O2. The zero-order chi connectivity index (χ0) is 20.8. The third kappa shape index (κ3) is 5.16. The summed E-state index contributed by atoms with van der Waals surface area (Å²) in [5.41, 5.74) is 3.64. The van der Waals surface area contributed by atoms with Crippen LogP contribution < -0.4 is 10.6 Å². The molecule has 5 nitrogen and oxygen atoms in total. The van der Waals surface area contributed by atoms with E-state index in [-0.39, 0.29) is 23.9 Å². The second kappa shape index (κ2) is 9.72. The van der Waals surface area contributed by atoms with Crippen molar-refractivity contribution in [3.05, 3.63) is 83.4 Å². The number of carbonyl (C=O) groups excluding carboxylic acids is 2. The summed E-state index contributed by atoms with van der Waals surface area (Å²) in [6.45, 7) is 2.18. The van der Waals surface area contributed by atoms with E-state index in [2.05, 4.69) is 34.9 Å². The summed E-state index contributed by atoms with van der Waals surface area (Å²) >= 11 is 0.